The van der Waals surface area contributed by atoms with Crippen molar-refractivity contribution in [1.29, 1.82) is 0 Å². The van der Waals surface area contributed by atoms with Crippen molar-refractivity contribution < 1.29 is 32.5 Å². The van der Waals surface area contributed by atoms with Crippen LogP contribution in [0.4, 0.5) is 13.2 Å². The number of ether oxygens (including phenoxy) is 2. The van der Waals surface area contributed by atoms with E-state index < -0.39 is 30.1 Å². The van der Waals surface area contributed by atoms with Crippen molar-refractivity contribution in [2.45, 2.75) is 26.3 Å². The van der Waals surface area contributed by atoms with Gasteiger partial charge in [0.2, 0.25) is 0 Å². The van der Waals surface area contributed by atoms with Gasteiger partial charge in [0.1, 0.15) is 5.75 Å². The highest BCUT2D eigenvalue weighted by Gasteiger charge is 2.34. The van der Waals surface area contributed by atoms with Crippen molar-refractivity contribution >= 4 is 5.97 Å². The largest absolute Gasteiger partial charge is 0.573 e. The quantitative estimate of drug-likeness (QED) is 0.850. The molecular weight excluding hydrogens is 289 g/mol. The van der Waals surface area contributed by atoms with Gasteiger partial charge >= 0.3 is 12.3 Å². The molecule has 1 N–H and O–H groups in total. The lowest BCUT2D eigenvalue weighted by molar-refractivity contribution is -0.274. The molecule has 0 aliphatic carbocycles. The number of aliphatic hydroxyl groups is 1. The maximum Gasteiger partial charge on any atom is 0.573 e. The number of benzene rings is 1. The van der Waals surface area contributed by atoms with Gasteiger partial charge in [0.15, 0.2) is 0 Å². The van der Waals surface area contributed by atoms with Crippen LogP contribution in [0.25, 0.3) is 0 Å². The maximum atomic E-state index is 12.2. The summed E-state index contributed by atoms with van der Waals surface area (Å²) in [7, 11) is 1.19. The number of esters is 1. The second-order valence-electron chi connectivity index (χ2n) is 4.86. The topological polar surface area (TPSA) is 55.8 Å². The van der Waals surface area contributed by atoms with Gasteiger partial charge in [-0.1, -0.05) is 26.0 Å². The number of carbonyl (C=O) groups excluding carboxylic acids is 1. The SMILES string of the molecule is COC(=O)C(C(C)C)C(O)c1cccc(OC(F)(F)F)c1. The first kappa shape index (κ1) is 17.3. The third-order valence-corrected chi connectivity index (χ3v) is 2.96. The minimum atomic E-state index is -4.82. The van der Waals surface area contributed by atoms with Crippen LogP contribution in [0, 0.1) is 11.8 Å². The molecule has 1 rings (SSSR count). The summed E-state index contributed by atoms with van der Waals surface area (Å²) >= 11 is 0. The lowest BCUT2D eigenvalue weighted by atomic mass is 9.86. The van der Waals surface area contributed by atoms with E-state index in [9.17, 15) is 23.1 Å². The molecule has 0 aliphatic heterocycles. The van der Waals surface area contributed by atoms with Crippen LogP contribution >= 0.6 is 0 Å². The average molecular weight is 306 g/mol. The second-order valence-corrected chi connectivity index (χ2v) is 4.86. The van der Waals surface area contributed by atoms with Crippen LogP contribution in [0.5, 0.6) is 5.75 Å². The van der Waals surface area contributed by atoms with Gasteiger partial charge in [-0.25, -0.2) is 0 Å². The summed E-state index contributed by atoms with van der Waals surface area (Å²) in [5.41, 5.74) is 0.154. The zero-order valence-corrected chi connectivity index (χ0v) is 11.8. The Hall–Kier alpha value is -1.76. The van der Waals surface area contributed by atoms with Gasteiger partial charge in [0, 0.05) is 0 Å². The highest BCUT2D eigenvalue weighted by atomic mass is 19.4. The Kier molecular flexibility index (Phi) is 5.60. The Balaban J connectivity index is 3.03. The second kappa shape index (κ2) is 6.80. The first-order valence-electron chi connectivity index (χ1n) is 6.27. The minimum absolute atomic E-state index is 0.154. The summed E-state index contributed by atoms with van der Waals surface area (Å²) in [5.74, 6) is -2.21. The van der Waals surface area contributed by atoms with Crippen LogP contribution in [0.2, 0.25) is 0 Å². The standard InChI is InChI=1S/C14H17F3O4/c1-8(2)11(13(19)20-3)12(18)9-5-4-6-10(7-9)21-14(15,16)17/h4-8,11-12,18H,1-3H3. The molecule has 0 bridgehead atoms. The first-order chi connectivity index (χ1) is 9.65. The smallest absolute Gasteiger partial charge is 0.469 e. The number of alkyl halides is 3. The number of carbonyl (C=O) groups is 1. The molecular formula is C14H17F3O4. The first-order valence-corrected chi connectivity index (χ1v) is 6.27. The van der Waals surface area contributed by atoms with E-state index in [4.69, 9.17) is 0 Å². The molecule has 0 spiro atoms. The Morgan fingerprint density at radius 1 is 1.29 bits per heavy atom. The maximum absolute atomic E-state index is 12.2. The molecule has 0 fully saturated rings. The molecule has 21 heavy (non-hydrogen) atoms. The van der Waals surface area contributed by atoms with Crippen LogP contribution < -0.4 is 4.74 Å². The fourth-order valence-corrected chi connectivity index (χ4v) is 2.00. The van der Waals surface area contributed by atoms with E-state index in [2.05, 4.69) is 9.47 Å². The van der Waals surface area contributed by atoms with E-state index in [1.807, 2.05) is 0 Å². The van der Waals surface area contributed by atoms with E-state index in [0.29, 0.717) is 0 Å². The van der Waals surface area contributed by atoms with Crippen LogP contribution in [0.15, 0.2) is 24.3 Å². The van der Waals surface area contributed by atoms with E-state index in [1.54, 1.807) is 13.8 Å². The van der Waals surface area contributed by atoms with Crippen molar-refractivity contribution in [1.82, 2.24) is 0 Å². The molecule has 0 radical (unpaired) electrons. The Labute approximate surface area is 120 Å². The van der Waals surface area contributed by atoms with Crippen LogP contribution in [0.3, 0.4) is 0 Å². The summed E-state index contributed by atoms with van der Waals surface area (Å²) < 4.78 is 45.0. The molecule has 0 saturated heterocycles. The highest BCUT2D eigenvalue weighted by molar-refractivity contribution is 5.73. The molecule has 0 heterocycles. The number of aliphatic hydroxyl groups excluding tert-OH is 1. The molecule has 2 unspecified atom stereocenters. The Morgan fingerprint density at radius 3 is 2.38 bits per heavy atom. The Morgan fingerprint density at radius 2 is 1.90 bits per heavy atom. The summed E-state index contributed by atoms with van der Waals surface area (Å²) in [6, 6.07) is 4.91. The van der Waals surface area contributed by atoms with Crippen molar-refractivity contribution in [3.8, 4) is 5.75 Å². The normalized spacial score (nSPS) is 14.7. The predicted octanol–water partition coefficient (Wildman–Crippen LogP) is 3.06. The van der Waals surface area contributed by atoms with Crippen LogP contribution in [-0.4, -0.2) is 24.5 Å². The lowest BCUT2D eigenvalue weighted by Crippen LogP contribution is -2.28. The monoisotopic (exact) mass is 306 g/mol. The number of halogens is 3. The van der Waals surface area contributed by atoms with Gasteiger partial charge < -0.3 is 14.6 Å². The molecule has 2 atom stereocenters. The number of methoxy groups -OCH3 is 1. The number of hydrogen-bond acceptors (Lipinski definition) is 4. The van der Waals surface area contributed by atoms with Crippen molar-refractivity contribution in [2.24, 2.45) is 11.8 Å². The summed E-state index contributed by atoms with van der Waals surface area (Å²) in [6.07, 6.45) is -6.10. The van der Waals surface area contributed by atoms with E-state index >= 15 is 0 Å². The molecule has 4 nitrogen and oxygen atoms in total. The zero-order chi connectivity index (χ0) is 16.2. The molecule has 1 aromatic carbocycles. The summed E-state index contributed by atoms with van der Waals surface area (Å²) in [5, 5.41) is 10.2. The van der Waals surface area contributed by atoms with E-state index in [0.717, 1.165) is 12.1 Å². The summed E-state index contributed by atoms with van der Waals surface area (Å²) in [4.78, 5) is 11.7. The average Bonchev–Trinajstić information content (AvgIpc) is 2.36. The molecule has 1 aromatic rings. The van der Waals surface area contributed by atoms with Gasteiger partial charge in [0.25, 0.3) is 0 Å². The molecule has 0 aromatic heterocycles. The number of hydrogen-bond donors (Lipinski definition) is 1. The predicted molar refractivity (Wildman–Crippen MR) is 68.4 cm³/mol. The number of rotatable bonds is 5. The minimum Gasteiger partial charge on any atom is -0.469 e. The van der Waals surface area contributed by atoms with Crippen LogP contribution in [0.1, 0.15) is 25.5 Å². The molecule has 118 valence electrons. The van der Waals surface area contributed by atoms with Crippen LogP contribution in [-0.2, 0) is 9.53 Å². The van der Waals surface area contributed by atoms with E-state index in [-0.39, 0.29) is 11.5 Å². The summed E-state index contributed by atoms with van der Waals surface area (Å²) in [6.45, 7) is 3.42. The van der Waals surface area contributed by atoms with Gasteiger partial charge in [-0.3, -0.25) is 4.79 Å². The van der Waals surface area contributed by atoms with Gasteiger partial charge in [-0.05, 0) is 23.6 Å². The third kappa shape index (κ3) is 4.93. The molecule has 0 aliphatic rings. The third-order valence-electron chi connectivity index (χ3n) is 2.96. The van der Waals surface area contributed by atoms with Gasteiger partial charge in [0.05, 0.1) is 19.1 Å². The Bertz CT molecular complexity index is 485. The fraction of sp³-hybridized carbons (Fsp3) is 0.500. The van der Waals surface area contributed by atoms with Crippen molar-refractivity contribution in [3.05, 3.63) is 29.8 Å². The molecule has 0 amide bonds. The van der Waals surface area contributed by atoms with Crippen molar-refractivity contribution in [3.63, 3.8) is 0 Å². The zero-order valence-electron chi connectivity index (χ0n) is 11.8. The van der Waals surface area contributed by atoms with Gasteiger partial charge in [-0.2, -0.15) is 0 Å². The highest BCUT2D eigenvalue weighted by Crippen LogP contribution is 2.32. The van der Waals surface area contributed by atoms with E-state index in [1.165, 1.54) is 19.2 Å². The fourth-order valence-electron chi connectivity index (χ4n) is 2.00. The molecule has 7 heteroatoms. The lowest BCUT2D eigenvalue weighted by Gasteiger charge is -2.24. The molecule has 0 saturated carbocycles. The van der Waals surface area contributed by atoms with Crippen molar-refractivity contribution in [2.75, 3.05) is 7.11 Å². The van der Waals surface area contributed by atoms with Gasteiger partial charge in [-0.15, -0.1) is 13.2 Å².